The van der Waals surface area contributed by atoms with Gasteiger partial charge in [-0.2, -0.15) is 0 Å². The quantitative estimate of drug-likeness (QED) is 0.684. The summed E-state index contributed by atoms with van der Waals surface area (Å²) in [6.45, 7) is 3.93. The minimum absolute atomic E-state index is 0.00457. The van der Waals surface area contributed by atoms with E-state index in [1.807, 2.05) is 0 Å². The zero-order valence-electron chi connectivity index (χ0n) is 12.5. The standard InChI is InChI=1S/C14H24N4O3/c1-16-4-2-10(3-5-16)17-6-11-12(7-17)21-9-14(20)18(11)8-13(15)19/h10-12H,2-9H2,1H3,(H2,15,19)/t11-,12+/m1/s1. The maximum Gasteiger partial charge on any atom is 0.249 e. The number of amides is 2. The first-order chi connectivity index (χ1) is 10.0. The smallest absolute Gasteiger partial charge is 0.249 e. The second-order valence-electron chi connectivity index (χ2n) is 6.39. The van der Waals surface area contributed by atoms with Gasteiger partial charge in [0.2, 0.25) is 11.8 Å². The molecule has 7 heteroatoms. The largest absolute Gasteiger partial charge is 0.368 e. The molecule has 3 heterocycles. The van der Waals surface area contributed by atoms with Crippen LogP contribution in [0.25, 0.3) is 0 Å². The van der Waals surface area contributed by atoms with Crippen LogP contribution in [0.1, 0.15) is 12.8 Å². The number of nitrogens with zero attached hydrogens (tertiary/aromatic N) is 3. The zero-order valence-corrected chi connectivity index (χ0v) is 12.5. The molecule has 2 atom stereocenters. The maximum atomic E-state index is 12.0. The van der Waals surface area contributed by atoms with E-state index in [9.17, 15) is 9.59 Å². The number of rotatable bonds is 3. The van der Waals surface area contributed by atoms with E-state index in [0.29, 0.717) is 6.04 Å². The Hall–Kier alpha value is -1.18. The van der Waals surface area contributed by atoms with Crippen molar-refractivity contribution >= 4 is 11.8 Å². The van der Waals surface area contributed by atoms with E-state index in [4.69, 9.17) is 10.5 Å². The highest BCUT2D eigenvalue weighted by molar-refractivity contribution is 5.85. The zero-order chi connectivity index (χ0) is 15.0. The van der Waals surface area contributed by atoms with Gasteiger partial charge in [0.1, 0.15) is 6.61 Å². The third-order valence-corrected chi connectivity index (χ3v) is 4.94. The van der Waals surface area contributed by atoms with Gasteiger partial charge in [-0.15, -0.1) is 0 Å². The van der Waals surface area contributed by atoms with Gasteiger partial charge in [0.15, 0.2) is 0 Å². The molecule has 2 N–H and O–H groups in total. The molecular weight excluding hydrogens is 272 g/mol. The fourth-order valence-electron chi connectivity index (χ4n) is 3.73. The molecule has 0 aromatic carbocycles. The van der Waals surface area contributed by atoms with E-state index in [2.05, 4.69) is 16.8 Å². The van der Waals surface area contributed by atoms with E-state index >= 15 is 0 Å². The predicted molar refractivity (Wildman–Crippen MR) is 76.5 cm³/mol. The Bertz CT molecular complexity index is 422. The van der Waals surface area contributed by atoms with Gasteiger partial charge >= 0.3 is 0 Å². The second-order valence-corrected chi connectivity index (χ2v) is 6.39. The second kappa shape index (κ2) is 5.90. The van der Waals surface area contributed by atoms with E-state index in [1.165, 1.54) is 0 Å². The number of piperidine rings is 1. The van der Waals surface area contributed by atoms with Crippen molar-refractivity contribution in [2.24, 2.45) is 5.73 Å². The fraction of sp³-hybridized carbons (Fsp3) is 0.857. The average molecular weight is 296 g/mol. The Labute approximate surface area is 125 Å². The Morgan fingerprint density at radius 2 is 2.05 bits per heavy atom. The van der Waals surface area contributed by atoms with Crippen molar-refractivity contribution < 1.29 is 14.3 Å². The van der Waals surface area contributed by atoms with Gasteiger partial charge in [0, 0.05) is 19.1 Å². The number of ether oxygens (including phenoxy) is 1. The number of carbonyl (C=O) groups excluding carboxylic acids is 2. The molecule has 2 amide bonds. The van der Waals surface area contributed by atoms with E-state index < -0.39 is 5.91 Å². The summed E-state index contributed by atoms with van der Waals surface area (Å²) in [7, 11) is 2.15. The lowest BCUT2D eigenvalue weighted by Gasteiger charge is -2.36. The Morgan fingerprint density at radius 3 is 2.71 bits per heavy atom. The van der Waals surface area contributed by atoms with Gasteiger partial charge in [0.05, 0.1) is 18.7 Å². The van der Waals surface area contributed by atoms with Crippen LogP contribution in [0.15, 0.2) is 0 Å². The van der Waals surface area contributed by atoms with Crippen molar-refractivity contribution in [3.8, 4) is 0 Å². The Balaban J connectivity index is 1.65. The molecule has 3 aliphatic heterocycles. The van der Waals surface area contributed by atoms with Crippen molar-refractivity contribution in [2.75, 3.05) is 46.4 Å². The summed E-state index contributed by atoms with van der Waals surface area (Å²) in [5.41, 5.74) is 5.27. The SMILES string of the molecule is CN1CCC(N2C[C@@H]3OCC(=O)N(CC(N)=O)[C@@H]3C2)CC1. The number of morpholine rings is 1. The van der Waals surface area contributed by atoms with Crippen molar-refractivity contribution in [3.05, 3.63) is 0 Å². The first kappa shape index (κ1) is 14.7. The number of hydrogen-bond acceptors (Lipinski definition) is 5. The van der Waals surface area contributed by atoms with Crippen LogP contribution < -0.4 is 5.73 Å². The summed E-state index contributed by atoms with van der Waals surface area (Å²) < 4.78 is 5.67. The van der Waals surface area contributed by atoms with Crippen molar-refractivity contribution in [1.82, 2.24) is 14.7 Å². The molecule has 21 heavy (non-hydrogen) atoms. The molecular formula is C14H24N4O3. The molecule has 3 rings (SSSR count). The monoisotopic (exact) mass is 296 g/mol. The van der Waals surface area contributed by atoms with Gasteiger partial charge in [-0.1, -0.05) is 0 Å². The van der Waals surface area contributed by atoms with Crippen LogP contribution in [0.5, 0.6) is 0 Å². The maximum absolute atomic E-state index is 12.0. The molecule has 0 aromatic rings. The topological polar surface area (TPSA) is 79.1 Å². The highest BCUT2D eigenvalue weighted by Crippen LogP contribution is 2.27. The Kier molecular flexibility index (Phi) is 4.14. The summed E-state index contributed by atoms with van der Waals surface area (Å²) in [6, 6.07) is 0.527. The normalized spacial score (nSPS) is 32.4. The van der Waals surface area contributed by atoms with Crippen LogP contribution >= 0.6 is 0 Å². The van der Waals surface area contributed by atoms with Gasteiger partial charge in [-0.05, 0) is 33.0 Å². The molecule has 3 aliphatic rings. The molecule has 0 bridgehead atoms. The van der Waals surface area contributed by atoms with Gasteiger partial charge in [-0.25, -0.2) is 0 Å². The van der Waals surface area contributed by atoms with Crippen molar-refractivity contribution in [3.63, 3.8) is 0 Å². The van der Waals surface area contributed by atoms with Crippen LogP contribution in [0.3, 0.4) is 0 Å². The van der Waals surface area contributed by atoms with Gasteiger partial charge < -0.3 is 20.3 Å². The van der Waals surface area contributed by atoms with Crippen LogP contribution in [0.4, 0.5) is 0 Å². The lowest BCUT2D eigenvalue weighted by molar-refractivity contribution is -0.155. The lowest BCUT2D eigenvalue weighted by Crippen LogP contribution is -2.56. The molecule has 0 aliphatic carbocycles. The first-order valence-electron chi connectivity index (χ1n) is 7.66. The van der Waals surface area contributed by atoms with Gasteiger partial charge in [-0.3, -0.25) is 14.5 Å². The lowest BCUT2D eigenvalue weighted by atomic mass is 10.0. The first-order valence-corrected chi connectivity index (χ1v) is 7.66. The van der Waals surface area contributed by atoms with E-state index in [1.54, 1.807) is 4.90 Å². The van der Waals surface area contributed by atoms with Gasteiger partial charge in [0.25, 0.3) is 0 Å². The number of likely N-dealkylation sites (tertiary alicyclic amines) is 2. The molecule has 118 valence electrons. The highest BCUT2D eigenvalue weighted by atomic mass is 16.5. The van der Waals surface area contributed by atoms with Crippen LogP contribution in [0, 0.1) is 0 Å². The molecule has 3 fully saturated rings. The molecule has 7 nitrogen and oxygen atoms in total. The molecule has 3 saturated heterocycles. The average Bonchev–Trinajstić information content (AvgIpc) is 2.87. The van der Waals surface area contributed by atoms with E-state index in [-0.39, 0.29) is 31.2 Å². The fourth-order valence-corrected chi connectivity index (χ4v) is 3.73. The summed E-state index contributed by atoms with van der Waals surface area (Å²) in [5, 5.41) is 0. The summed E-state index contributed by atoms with van der Waals surface area (Å²) in [6.07, 6.45) is 2.32. The molecule has 0 aromatic heterocycles. The number of fused-ring (bicyclic) bond motifs is 1. The minimum Gasteiger partial charge on any atom is -0.368 e. The number of nitrogens with two attached hydrogens (primary N) is 1. The molecule has 0 unspecified atom stereocenters. The third-order valence-electron chi connectivity index (χ3n) is 4.94. The minimum atomic E-state index is -0.457. The summed E-state index contributed by atoms with van der Waals surface area (Å²) in [4.78, 5) is 29.5. The van der Waals surface area contributed by atoms with Crippen molar-refractivity contribution in [2.45, 2.75) is 31.0 Å². The van der Waals surface area contributed by atoms with E-state index in [0.717, 1.165) is 39.0 Å². The molecule has 0 saturated carbocycles. The summed E-state index contributed by atoms with van der Waals surface area (Å²) in [5.74, 6) is -0.581. The molecule has 0 spiro atoms. The summed E-state index contributed by atoms with van der Waals surface area (Å²) >= 11 is 0. The predicted octanol–water partition coefficient (Wildman–Crippen LogP) is -1.52. The van der Waals surface area contributed by atoms with Crippen molar-refractivity contribution in [1.29, 1.82) is 0 Å². The molecule has 0 radical (unpaired) electrons. The Morgan fingerprint density at radius 1 is 1.33 bits per heavy atom. The van der Waals surface area contributed by atoms with Crippen LogP contribution in [-0.4, -0.2) is 91.1 Å². The third kappa shape index (κ3) is 3.04. The number of primary amides is 1. The highest BCUT2D eigenvalue weighted by Gasteiger charge is 2.45. The van der Waals surface area contributed by atoms with Crippen LogP contribution in [0.2, 0.25) is 0 Å². The van der Waals surface area contributed by atoms with Crippen LogP contribution in [-0.2, 0) is 14.3 Å². The number of carbonyl (C=O) groups is 2. The number of hydrogen-bond donors (Lipinski definition) is 1.